The molecule has 0 atom stereocenters. The molecule has 0 saturated carbocycles. The van der Waals surface area contributed by atoms with Gasteiger partial charge in [0.15, 0.2) is 0 Å². The van der Waals surface area contributed by atoms with Gasteiger partial charge in [-0.15, -0.1) is 11.3 Å². The standard InChI is InChI=1S/C23H25N3O2S/c1-16-8-9-17(2)26(16)23-20(10-12-29-23)22(28)24-14-18-5-3-6-19(13-18)15-25-11-4-7-21(25)27/h3,5-6,8-10,12-13H,4,7,11,14-15H2,1-2H3,(H,24,28). The summed E-state index contributed by atoms with van der Waals surface area (Å²) in [6.07, 6.45) is 1.59. The summed E-state index contributed by atoms with van der Waals surface area (Å²) >= 11 is 1.57. The van der Waals surface area contributed by atoms with Gasteiger partial charge in [0.2, 0.25) is 5.91 Å². The van der Waals surface area contributed by atoms with Crippen molar-refractivity contribution in [3.8, 4) is 5.00 Å². The smallest absolute Gasteiger partial charge is 0.254 e. The van der Waals surface area contributed by atoms with Crippen LogP contribution < -0.4 is 5.32 Å². The average molecular weight is 408 g/mol. The summed E-state index contributed by atoms with van der Waals surface area (Å²) in [5, 5.41) is 5.95. The lowest BCUT2D eigenvalue weighted by Crippen LogP contribution is -2.25. The van der Waals surface area contributed by atoms with Gasteiger partial charge in [-0.1, -0.05) is 24.3 Å². The number of hydrogen-bond acceptors (Lipinski definition) is 3. The number of rotatable bonds is 6. The highest BCUT2D eigenvalue weighted by molar-refractivity contribution is 7.13. The zero-order chi connectivity index (χ0) is 20.4. The molecule has 1 aliphatic heterocycles. The highest BCUT2D eigenvalue weighted by Crippen LogP contribution is 2.26. The maximum Gasteiger partial charge on any atom is 0.254 e. The lowest BCUT2D eigenvalue weighted by atomic mass is 10.1. The van der Waals surface area contributed by atoms with E-state index in [9.17, 15) is 9.59 Å². The van der Waals surface area contributed by atoms with Crippen LogP contribution in [-0.4, -0.2) is 27.8 Å². The van der Waals surface area contributed by atoms with Crippen molar-refractivity contribution in [1.29, 1.82) is 0 Å². The molecule has 1 saturated heterocycles. The highest BCUT2D eigenvalue weighted by atomic mass is 32.1. The van der Waals surface area contributed by atoms with Crippen LogP contribution in [0.2, 0.25) is 0 Å². The Morgan fingerprint density at radius 1 is 1.10 bits per heavy atom. The van der Waals surface area contributed by atoms with Crippen molar-refractivity contribution in [2.75, 3.05) is 6.54 Å². The van der Waals surface area contributed by atoms with Crippen LogP contribution in [0.4, 0.5) is 0 Å². The molecule has 5 nitrogen and oxygen atoms in total. The number of likely N-dealkylation sites (tertiary alicyclic amines) is 1. The van der Waals surface area contributed by atoms with Gasteiger partial charge in [-0.2, -0.15) is 0 Å². The third-order valence-corrected chi connectivity index (χ3v) is 6.25. The molecule has 1 aliphatic rings. The molecule has 2 amide bonds. The van der Waals surface area contributed by atoms with Crippen molar-refractivity contribution in [2.45, 2.75) is 39.8 Å². The van der Waals surface area contributed by atoms with E-state index >= 15 is 0 Å². The molecule has 150 valence electrons. The van der Waals surface area contributed by atoms with E-state index in [1.807, 2.05) is 48.4 Å². The molecule has 0 unspecified atom stereocenters. The van der Waals surface area contributed by atoms with Crippen LogP contribution in [0, 0.1) is 13.8 Å². The fraction of sp³-hybridized carbons (Fsp3) is 0.304. The fourth-order valence-electron chi connectivity index (χ4n) is 3.84. The van der Waals surface area contributed by atoms with Crippen LogP contribution in [0.3, 0.4) is 0 Å². The van der Waals surface area contributed by atoms with Gasteiger partial charge in [0.25, 0.3) is 5.91 Å². The lowest BCUT2D eigenvalue weighted by molar-refractivity contribution is -0.128. The number of nitrogens with one attached hydrogen (secondary N) is 1. The van der Waals surface area contributed by atoms with Gasteiger partial charge >= 0.3 is 0 Å². The molecule has 29 heavy (non-hydrogen) atoms. The molecule has 1 fully saturated rings. The van der Waals surface area contributed by atoms with Crippen molar-refractivity contribution in [3.63, 3.8) is 0 Å². The predicted molar refractivity (Wildman–Crippen MR) is 115 cm³/mol. The molecule has 2 aromatic heterocycles. The molecule has 4 rings (SSSR count). The monoisotopic (exact) mass is 407 g/mol. The van der Waals surface area contributed by atoms with Crippen LogP contribution in [0.5, 0.6) is 0 Å². The maximum atomic E-state index is 12.9. The Morgan fingerprint density at radius 2 is 1.86 bits per heavy atom. The molecule has 6 heteroatoms. The van der Waals surface area contributed by atoms with Crippen molar-refractivity contribution in [3.05, 3.63) is 75.9 Å². The van der Waals surface area contributed by atoms with Gasteiger partial charge in [0, 0.05) is 37.4 Å². The van der Waals surface area contributed by atoms with Gasteiger partial charge in [0.1, 0.15) is 5.00 Å². The molecular weight excluding hydrogens is 382 g/mol. The Morgan fingerprint density at radius 3 is 2.59 bits per heavy atom. The van der Waals surface area contributed by atoms with Gasteiger partial charge in [-0.3, -0.25) is 9.59 Å². The summed E-state index contributed by atoms with van der Waals surface area (Å²) < 4.78 is 2.12. The van der Waals surface area contributed by atoms with Gasteiger partial charge in [-0.05, 0) is 55.0 Å². The topological polar surface area (TPSA) is 54.3 Å². The first-order valence-electron chi connectivity index (χ1n) is 9.89. The minimum atomic E-state index is -0.0751. The zero-order valence-corrected chi connectivity index (χ0v) is 17.6. The SMILES string of the molecule is Cc1ccc(C)n1-c1sccc1C(=O)NCc1cccc(CN2CCCC2=O)c1. The van der Waals surface area contributed by atoms with E-state index in [-0.39, 0.29) is 11.8 Å². The molecule has 1 N–H and O–H groups in total. The van der Waals surface area contributed by atoms with Crippen LogP contribution in [-0.2, 0) is 17.9 Å². The van der Waals surface area contributed by atoms with Crippen molar-refractivity contribution in [1.82, 2.24) is 14.8 Å². The summed E-state index contributed by atoms with van der Waals surface area (Å²) in [4.78, 5) is 26.6. The minimum absolute atomic E-state index is 0.0751. The Labute approximate surface area is 175 Å². The average Bonchev–Trinajstić information content (AvgIpc) is 3.42. The van der Waals surface area contributed by atoms with Gasteiger partial charge < -0.3 is 14.8 Å². The number of hydrogen-bond donors (Lipinski definition) is 1. The zero-order valence-electron chi connectivity index (χ0n) is 16.8. The van der Waals surface area contributed by atoms with Crippen LogP contribution >= 0.6 is 11.3 Å². The van der Waals surface area contributed by atoms with Gasteiger partial charge in [0.05, 0.1) is 5.56 Å². The second kappa shape index (κ2) is 8.25. The molecule has 3 aromatic rings. The Bertz CT molecular complexity index is 1030. The fourth-order valence-corrected chi connectivity index (χ4v) is 4.86. The van der Waals surface area contributed by atoms with Gasteiger partial charge in [-0.25, -0.2) is 0 Å². The van der Waals surface area contributed by atoms with Crippen molar-refractivity contribution >= 4 is 23.2 Å². The van der Waals surface area contributed by atoms with E-state index in [1.54, 1.807) is 11.3 Å². The molecule has 3 heterocycles. The van der Waals surface area contributed by atoms with Crippen molar-refractivity contribution in [2.24, 2.45) is 0 Å². The minimum Gasteiger partial charge on any atom is -0.348 e. The third kappa shape index (κ3) is 4.12. The lowest BCUT2D eigenvalue weighted by Gasteiger charge is -2.16. The first-order valence-corrected chi connectivity index (χ1v) is 10.8. The van der Waals surface area contributed by atoms with Crippen LogP contribution in [0.1, 0.15) is 45.7 Å². The van der Waals surface area contributed by atoms with E-state index in [0.717, 1.165) is 40.5 Å². The number of nitrogens with zero attached hydrogens (tertiary/aromatic N) is 2. The number of carbonyl (C=O) groups is 2. The number of amides is 2. The van der Waals surface area contributed by atoms with E-state index in [1.165, 1.54) is 0 Å². The molecule has 0 radical (unpaired) electrons. The van der Waals surface area contributed by atoms with Crippen LogP contribution in [0.15, 0.2) is 47.8 Å². The second-order valence-electron chi connectivity index (χ2n) is 7.51. The van der Waals surface area contributed by atoms with E-state index in [2.05, 4.69) is 28.1 Å². The number of thiophene rings is 1. The van der Waals surface area contributed by atoms with E-state index < -0.39 is 0 Å². The summed E-state index contributed by atoms with van der Waals surface area (Å²) in [7, 11) is 0. The summed E-state index contributed by atoms with van der Waals surface area (Å²) in [5.74, 6) is 0.151. The summed E-state index contributed by atoms with van der Waals surface area (Å²) in [6.45, 7) is 6.02. The first-order chi connectivity index (χ1) is 14.0. The third-order valence-electron chi connectivity index (χ3n) is 5.35. The Kier molecular flexibility index (Phi) is 5.53. The molecule has 0 spiro atoms. The Hall–Kier alpha value is -2.86. The van der Waals surface area contributed by atoms with Crippen LogP contribution in [0.25, 0.3) is 5.00 Å². The number of carbonyl (C=O) groups excluding carboxylic acids is 2. The molecular formula is C23H25N3O2S. The number of aromatic nitrogens is 1. The van der Waals surface area contributed by atoms with E-state index in [4.69, 9.17) is 0 Å². The molecule has 0 bridgehead atoms. The van der Waals surface area contributed by atoms with Crippen molar-refractivity contribution < 1.29 is 9.59 Å². The molecule has 0 aliphatic carbocycles. The highest BCUT2D eigenvalue weighted by Gasteiger charge is 2.20. The summed E-state index contributed by atoms with van der Waals surface area (Å²) in [5.41, 5.74) is 5.05. The maximum absolute atomic E-state index is 12.9. The Balaban J connectivity index is 1.44. The second-order valence-corrected chi connectivity index (χ2v) is 8.41. The largest absolute Gasteiger partial charge is 0.348 e. The number of aryl methyl sites for hydroxylation is 2. The quantitative estimate of drug-likeness (QED) is 0.666. The first kappa shape index (κ1) is 19.5. The summed E-state index contributed by atoms with van der Waals surface area (Å²) in [6, 6.07) is 14.1. The number of benzene rings is 1. The van der Waals surface area contributed by atoms with E-state index in [0.29, 0.717) is 25.1 Å². The molecule has 1 aromatic carbocycles. The normalized spacial score (nSPS) is 13.9. The predicted octanol–water partition coefficient (Wildman–Crippen LogP) is 4.21.